The third kappa shape index (κ3) is 8.00. The van der Waals surface area contributed by atoms with Crippen LogP contribution in [0.1, 0.15) is 77.2 Å². The van der Waals surface area contributed by atoms with Crippen molar-refractivity contribution in [3.63, 3.8) is 0 Å². The lowest BCUT2D eigenvalue weighted by Gasteiger charge is -2.38. The van der Waals surface area contributed by atoms with Gasteiger partial charge in [-0.2, -0.15) is 0 Å². The number of phenols is 2. The van der Waals surface area contributed by atoms with Gasteiger partial charge in [-0.15, -0.1) is 0 Å². The van der Waals surface area contributed by atoms with Crippen molar-refractivity contribution in [2.75, 3.05) is 38.7 Å². The maximum Gasteiger partial charge on any atom is 0.312 e. The zero-order valence-corrected chi connectivity index (χ0v) is 35.4. The van der Waals surface area contributed by atoms with E-state index in [0.717, 1.165) is 19.6 Å². The van der Waals surface area contributed by atoms with E-state index < -0.39 is 83.6 Å². The van der Waals surface area contributed by atoms with Crippen LogP contribution in [0.4, 0.5) is 5.69 Å². The molecule has 4 aliphatic heterocycles. The lowest BCUT2D eigenvalue weighted by molar-refractivity contribution is -0.114. The number of aliphatic hydroxyl groups excluding tert-OH is 4. The van der Waals surface area contributed by atoms with Crippen molar-refractivity contribution in [1.29, 1.82) is 0 Å². The van der Waals surface area contributed by atoms with Gasteiger partial charge in [0.05, 0.1) is 53.9 Å². The molecule has 0 radical (unpaired) electrons. The van der Waals surface area contributed by atoms with Crippen LogP contribution in [0.5, 0.6) is 17.2 Å². The first-order chi connectivity index (χ1) is 27.8. The zero-order chi connectivity index (χ0) is 43.3. The topological polar surface area (TPSA) is 223 Å². The van der Waals surface area contributed by atoms with Gasteiger partial charge in [0.2, 0.25) is 0 Å². The third-order valence-electron chi connectivity index (χ3n) is 12.7. The van der Waals surface area contributed by atoms with Gasteiger partial charge in [0.25, 0.3) is 11.7 Å². The number of hydrogen-bond donors (Lipinski definition) is 7. The summed E-state index contributed by atoms with van der Waals surface area (Å²) in [6, 6.07) is 0. The molecule has 4 aliphatic rings. The number of aliphatic hydroxyl groups is 4. The lowest BCUT2D eigenvalue weighted by Crippen LogP contribution is -2.47. The smallest absolute Gasteiger partial charge is 0.312 e. The number of piperidine rings is 1. The average Bonchev–Trinajstić information content (AvgIpc) is 3.70. The fourth-order valence-corrected chi connectivity index (χ4v) is 8.89. The first-order valence-electron chi connectivity index (χ1n) is 20.5. The van der Waals surface area contributed by atoms with Gasteiger partial charge in [-0.25, -0.2) is 4.99 Å². The van der Waals surface area contributed by atoms with Crippen molar-refractivity contribution in [3.8, 4) is 17.2 Å². The van der Waals surface area contributed by atoms with Gasteiger partial charge in [-0.05, 0) is 25.8 Å². The largest absolute Gasteiger partial charge is 0.507 e. The fourth-order valence-electron chi connectivity index (χ4n) is 8.89. The molecule has 6 rings (SSSR count). The molecule has 0 aliphatic carbocycles. The Balaban J connectivity index is 1.55. The van der Waals surface area contributed by atoms with Crippen molar-refractivity contribution in [1.82, 2.24) is 4.90 Å². The molecule has 4 heterocycles. The van der Waals surface area contributed by atoms with E-state index in [0.29, 0.717) is 24.4 Å². The summed E-state index contributed by atoms with van der Waals surface area (Å²) in [6.07, 6.45) is 4.06. The number of amides is 1. The van der Waals surface area contributed by atoms with Crippen molar-refractivity contribution in [2.24, 2.45) is 39.6 Å². The molecule has 4 bridgehead atoms. The second kappa shape index (κ2) is 16.9. The predicted octanol–water partition coefficient (Wildman–Crippen LogP) is 3.15. The molecule has 0 unspecified atom stereocenters. The molecule has 15 nitrogen and oxygen atoms in total. The van der Waals surface area contributed by atoms with Gasteiger partial charge in [-0.1, -0.05) is 52.8 Å². The predicted molar refractivity (Wildman–Crippen MR) is 220 cm³/mol. The van der Waals surface area contributed by atoms with Crippen molar-refractivity contribution >= 4 is 28.2 Å². The standard InChI is InChI=1S/C44H60N4O11/c1-21(2)19-48-16-14-44(15-17-48)46-32-29-30-38(53)26(7)40-31(29)41(55)43(8,59-40)58-18-13-28(57-9)24(5)36(51)25(6)37(52)27(20-49)35(50)22(3)11-10-12-23(4)42(56)45-34(39(30)54)33(32)47-44/h10-13,18,21-22,24-25,27-28,35-37,46,49-54H,14-17,19-20H2,1-9H3/b11-10+,18-13+,23-12-,45-34?/t22-,24+,25-,27+,28-,35-,36+,37-,43-/m0/s1. The van der Waals surface area contributed by atoms with E-state index in [4.69, 9.17) is 19.2 Å². The van der Waals surface area contributed by atoms with Gasteiger partial charge in [0.15, 0.2) is 5.75 Å². The third-order valence-corrected chi connectivity index (χ3v) is 12.7. The summed E-state index contributed by atoms with van der Waals surface area (Å²) in [5, 5.41) is 71.7. The molecule has 1 saturated heterocycles. The Hall–Kier alpha value is -4.38. The molecule has 0 saturated carbocycles. The van der Waals surface area contributed by atoms with Gasteiger partial charge in [-0.3, -0.25) is 14.6 Å². The number of ether oxygens (including phenoxy) is 3. The van der Waals surface area contributed by atoms with Crippen LogP contribution in [0.2, 0.25) is 0 Å². The minimum Gasteiger partial charge on any atom is -0.507 e. The molecule has 0 aromatic heterocycles. The molecule has 1 fully saturated rings. The number of fused-ring (bicyclic) bond motifs is 1. The summed E-state index contributed by atoms with van der Waals surface area (Å²) in [4.78, 5) is 40.3. The van der Waals surface area contributed by atoms with Gasteiger partial charge >= 0.3 is 5.79 Å². The Labute approximate surface area is 344 Å². The molecule has 1 amide bonds. The van der Waals surface area contributed by atoms with Crippen LogP contribution in [0.15, 0.2) is 46.1 Å². The van der Waals surface area contributed by atoms with E-state index in [1.54, 1.807) is 46.8 Å². The number of aromatic hydroxyl groups is 2. The van der Waals surface area contributed by atoms with Crippen molar-refractivity contribution < 1.29 is 54.4 Å². The summed E-state index contributed by atoms with van der Waals surface area (Å²) >= 11 is 0. The number of Topliss-reactive ketones (excluding diaryl/α,β-unsaturated/α-hetero) is 1. The Bertz CT molecular complexity index is 2190. The van der Waals surface area contributed by atoms with Crippen LogP contribution >= 0.6 is 0 Å². The SMILES string of the molecule is CO[C@H]1/C=C/O[C@@]2(C)Oc3c(C)c(O)c4c(O)c(c5c(c4c3C2=O)NC2(CCN(CC(C)C)CC2)N=5)=NC(=O)/C(C)=C\C=C\[C@H](C)[C@H](O)[C@@H](CO)[C@@H](O)[C@@H](C)[C@H](O)[C@@H]1C. The monoisotopic (exact) mass is 820 g/mol. The maximum absolute atomic E-state index is 14.6. The van der Waals surface area contributed by atoms with Crippen LogP contribution in [-0.2, 0) is 14.3 Å². The fraction of sp³-hybridized carbons (Fsp3) is 0.591. The van der Waals surface area contributed by atoms with Crippen molar-refractivity contribution in [3.05, 3.63) is 58.0 Å². The first kappa shape index (κ1) is 44.2. The number of hydrogen-bond acceptors (Lipinski definition) is 14. The lowest BCUT2D eigenvalue weighted by atomic mass is 9.78. The number of nitrogens with one attached hydrogen (secondary N) is 1. The number of rotatable bonds is 4. The molecule has 1 spiro atoms. The Morgan fingerprint density at radius 3 is 2.27 bits per heavy atom. The van der Waals surface area contributed by atoms with Crippen molar-refractivity contribution in [2.45, 2.75) is 104 Å². The Morgan fingerprint density at radius 2 is 1.64 bits per heavy atom. The van der Waals surface area contributed by atoms with Crippen LogP contribution in [-0.4, -0.2) is 116 Å². The zero-order valence-electron chi connectivity index (χ0n) is 35.4. The molecule has 9 atom stereocenters. The Morgan fingerprint density at radius 1 is 0.966 bits per heavy atom. The summed E-state index contributed by atoms with van der Waals surface area (Å²) in [5.41, 5.74) is -0.164. The average molecular weight is 821 g/mol. The second-order valence-corrected chi connectivity index (χ2v) is 17.4. The normalized spacial score (nSPS) is 33.5. The minimum absolute atomic E-state index is 0.0490. The molecular weight excluding hydrogens is 761 g/mol. The number of carbonyl (C=O) groups excluding carboxylic acids is 2. The summed E-state index contributed by atoms with van der Waals surface area (Å²) in [6.45, 7) is 15.6. The number of benzene rings is 2. The number of ketones is 1. The first-order valence-corrected chi connectivity index (χ1v) is 20.5. The highest BCUT2D eigenvalue weighted by Crippen LogP contribution is 2.51. The maximum atomic E-state index is 14.6. The van der Waals surface area contributed by atoms with Gasteiger partial charge in [0, 0.05) is 86.7 Å². The van der Waals surface area contributed by atoms with E-state index in [1.165, 1.54) is 32.4 Å². The van der Waals surface area contributed by atoms with Crippen LogP contribution in [0, 0.1) is 36.5 Å². The van der Waals surface area contributed by atoms with E-state index in [9.17, 15) is 40.2 Å². The van der Waals surface area contributed by atoms with Gasteiger partial charge in [0.1, 0.15) is 27.9 Å². The van der Waals surface area contributed by atoms with Crippen LogP contribution in [0.25, 0.3) is 10.8 Å². The number of carbonyl (C=O) groups is 2. The van der Waals surface area contributed by atoms with Gasteiger partial charge < -0.3 is 55.1 Å². The number of nitrogens with zero attached hydrogens (tertiary/aromatic N) is 3. The highest BCUT2D eigenvalue weighted by atomic mass is 16.7. The quantitative estimate of drug-likeness (QED) is 0.221. The molecule has 59 heavy (non-hydrogen) atoms. The van der Waals surface area contributed by atoms with Crippen LogP contribution < -0.4 is 20.8 Å². The number of phenolic OH excluding ortho intramolecular Hbond substituents is 2. The highest BCUT2D eigenvalue weighted by molar-refractivity contribution is 6.21. The highest BCUT2D eigenvalue weighted by Gasteiger charge is 2.50. The molecule has 2 aromatic rings. The molecule has 15 heteroatoms. The summed E-state index contributed by atoms with van der Waals surface area (Å²) in [5.74, 6) is -6.78. The summed E-state index contributed by atoms with van der Waals surface area (Å²) < 4.78 is 18.0. The minimum atomic E-state index is -1.95. The van der Waals surface area contributed by atoms with E-state index in [2.05, 4.69) is 29.1 Å². The number of methoxy groups -OCH3 is 1. The molecule has 2 aromatic carbocycles. The number of anilines is 1. The summed E-state index contributed by atoms with van der Waals surface area (Å²) in [7, 11) is 1.44. The van der Waals surface area contributed by atoms with E-state index in [-0.39, 0.29) is 49.7 Å². The molecule has 7 N–H and O–H groups in total. The van der Waals surface area contributed by atoms with Crippen LogP contribution in [0.3, 0.4) is 0 Å². The number of likely N-dealkylation sites (tertiary alicyclic amines) is 1. The van der Waals surface area contributed by atoms with E-state index in [1.807, 2.05) is 0 Å². The number of allylic oxidation sites excluding steroid dienone is 2. The van der Waals surface area contributed by atoms with E-state index >= 15 is 0 Å². The molecular formula is C44H60N4O11. The Kier molecular flexibility index (Phi) is 12.7. The second-order valence-electron chi connectivity index (χ2n) is 17.4. The molecule has 322 valence electrons.